The number of aromatic nitrogens is 4. The molecule has 0 radical (unpaired) electrons. The van der Waals surface area contributed by atoms with Crippen molar-refractivity contribution in [2.24, 2.45) is 0 Å². The molecule has 206 valence electrons. The van der Waals surface area contributed by atoms with Gasteiger partial charge in [0.05, 0.1) is 0 Å². The van der Waals surface area contributed by atoms with Gasteiger partial charge in [-0.1, -0.05) is 30.3 Å². The summed E-state index contributed by atoms with van der Waals surface area (Å²) in [5.74, 6) is 0.999. The number of hydrogen-bond acceptors (Lipinski definition) is 7. The second-order valence-corrected chi connectivity index (χ2v) is 10.4. The maximum absolute atomic E-state index is 13.5. The standard InChI is InChI=1S/C29H31N7O4/c1-20-18-23(40-21(2)22-6-4-3-5-7-22)19-24(37)35(20)16-17-36-27(38)29(32-28(36)39)8-12-33(13-9-29)25-26-31-11-15-34(26)14-10-30-25/h3-7,10-11,14-15,18-19,21H,8-9,12-13,16-17H2,1-2H3,(H,32,39)/t21-/m1/s1. The van der Waals surface area contributed by atoms with Crippen molar-refractivity contribution in [3.05, 3.63) is 88.9 Å². The molecule has 11 heteroatoms. The number of imide groups is 1. The van der Waals surface area contributed by atoms with Crippen LogP contribution in [0.3, 0.4) is 0 Å². The number of nitrogens with zero attached hydrogens (tertiary/aromatic N) is 6. The minimum Gasteiger partial charge on any atom is -0.486 e. The highest BCUT2D eigenvalue weighted by atomic mass is 16.5. The summed E-state index contributed by atoms with van der Waals surface area (Å²) in [5, 5.41) is 2.95. The van der Waals surface area contributed by atoms with Gasteiger partial charge in [-0.15, -0.1) is 0 Å². The Balaban J connectivity index is 1.10. The summed E-state index contributed by atoms with van der Waals surface area (Å²) < 4.78 is 9.48. The zero-order valence-corrected chi connectivity index (χ0v) is 22.5. The van der Waals surface area contributed by atoms with Gasteiger partial charge in [0.1, 0.15) is 17.4 Å². The van der Waals surface area contributed by atoms with E-state index < -0.39 is 11.6 Å². The molecule has 1 atom stereocenters. The largest absolute Gasteiger partial charge is 0.486 e. The van der Waals surface area contributed by atoms with Gasteiger partial charge in [-0.05, 0) is 38.3 Å². The second kappa shape index (κ2) is 10.1. The van der Waals surface area contributed by atoms with E-state index in [-0.39, 0.29) is 30.7 Å². The van der Waals surface area contributed by atoms with Crippen LogP contribution < -0.4 is 20.5 Å². The summed E-state index contributed by atoms with van der Waals surface area (Å²) in [7, 11) is 0. The SMILES string of the molecule is Cc1cc(O[C@H](C)c2ccccc2)cc(=O)n1CCN1C(=O)NC2(CCN(c3nccn4ccnc34)CC2)C1=O. The van der Waals surface area contributed by atoms with E-state index in [1.54, 1.807) is 23.0 Å². The molecule has 1 spiro atoms. The molecule has 40 heavy (non-hydrogen) atoms. The first-order chi connectivity index (χ1) is 19.3. The molecule has 3 amide bonds. The van der Waals surface area contributed by atoms with Gasteiger partial charge in [-0.2, -0.15) is 0 Å². The molecule has 1 aromatic carbocycles. The van der Waals surface area contributed by atoms with Crippen molar-refractivity contribution in [3.8, 4) is 5.75 Å². The number of aryl methyl sites for hydroxylation is 1. The monoisotopic (exact) mass is 541 g/mol. The van der Waals surface area contributed by atoms with Crippen LogP contribution in [-0.4, -0.2) is 60.9 Å². The van der Waals surface area contributed by atoms with E-state index in [9.17, 15) is 14.4 Å². The van der Waals surface area contributed by atoms with Crippen molar-refractivity contribution < 1.29 is 14.3 Å². The highest BCUT2D eigenvalue weighted by Crippen LogP contribution is 2.32. The number of benzene rings is 1. The van der Waals surface area contributed by atoms with Crippen LogP contribution in [0.5, 0.6) is 5.75 Å². The highest BCUT2D eigenvalue weighted by molar-refractivity contribution is 6.07. The van der Waals surface area contributed by atoms with E-state index in [1.807, 2.05) is 61.0 Å². The third-order valence-electron chi connectivity index (χ3n) is 7.89. The smallest absolute Gasteiger partial charge is 0.325 e. The van der Waals surface area contributed by atoms with Crippen LogP contribution in [0.15, 0.2) is 72.0 Å². The summed E-state index contributed by atoms with van der Waals surface area (Å²) in [5.41, 5.74) is 1.27. The van der Waals surface area contributed by atoms with Gasteiger partial charge < -0.3 is 23.9 Å². The third kappa shape index (κ3) is 4.57. The Hall–Kier alpha value is -4.67. The van der Waals surface area contributed by atoms with Gasteiger partial charge in [0.15, 0.2) is 11.5 Å². The normalized spacial score (nSPS) is 17.4. The number of urea groups is 1. The van der Waals surface area contributed by atoms with Gasteiger partial charge in [0.2, 0.25) is 0 Å². The molecule has 2 aliphatic heterocycles. The lowest BCUT2D eigenvalue weighted by atomic mass is 9.87. The van der Waals surface area contributed by atoms with E-state index in [4.69, 9.17) is 4.74 Å². The molecule has 6 rings (SSSR count). The topological polar surface area (TPSA) is 114 Å². The number of anilines is 1. The number of amides is 3. The van der Waals surface area contributed by atoms with E-state index >= 15 is 0 Å². The fourth-order valence-corrected chi connectivity index (χ4v) is 5.63. The molecule has 4 aromatic rings. The van der Waals surface area contributed by atoms with E-state index in [2.05, 4.69) is 20.2 Å². The number of carbonyl (C=O) groups excluding carboxylic acids is 2. The molecule has 2 saturated heterocycles. The number of fused-ring (bicyclic) bond motifs is 1. The fraction of sp³-hybridized carbons (Fsp3) is 0.345. The third-order valence-corrected chi connectivity index (χ3v) is 7.89. The minimum atomic E-state index is -0.945. The quantitative estimate of drug-likeness (QED) is 0.358. The Bertz CT molecular complexity index is 1620. The van der Waals surface area contributed by atoms with E-state index in [0.717, 1.165) is 17.0 Å². The lowest BCUT2D eigenvalue weighted by molar-refractivity contribution is -0.132. The number of piperidine rings is 1. The van der Waals surface area contributed by atoms with Gasteiger partial charge >= 0.3 is 6.03 Å². The molecule has 11 nitrogen and oxygen atoms in total. The van der Waals surface area contributed by atoms with Crippen LogP contribution >= 0.6 is 0 Å². The van der Waals surface area contributed by atoms with Crippen molar-refractivity contribution in [2.45, 2.75) is 44.9 Å². The number of carbonyl (C=O) groups is 2. The molecule has 0 aliphatic carbocycles. The van der Waals surface area contributed by atoms with E-state index in [1.165, 1.54) is 11.0 Å². The predicted molar refractivity (Wildman–Crippen MR) is 148 cm³/mol. The Morgan fingerprint density at radius 1 is 1.00 bits per heavy atom. The van der Waals surface area contributed by atoms with Crippen molar-refractivity contribution >= 4 is 23.4 Å². The molecule has 0 unspecified atom stereocenters. The Morgan fingerprint density at radius 2 is 1.73 bits per heavy atom. The van der Waals surface area contributed by atoms with Crippen LogP contribution in [0, 0.1) is 6.92 Å². The second-order valence-electron chi connectivity index (χ2n) is 10.4. The first kappa shape index (κ1) is 25.6. The maximum atomic E-state index is 13.5. The summed E-state index contributed by atoms with van der Waals surface area (Å²) in [6.07, 6.45) is 7.87. The van der Waals surface area contributed by atoms with Crippen LogP contribution in [0.4, 0.5) is 10.6 Å². The number of rotatable bonds is 7. The van der Waals surface area contributed by atoms with Crippen molar-refractivity contribution in [2.75, 3.05) is 24.5 Å². The van der Waals surface area contributed by atoms with Crippen molar-refractivity contribution in [3.63, 3.8) is 0 Å². The Kier molecular flexibility index (Phi) is 6.49. The average molecular weight is 542 g/mol. The van der Waals surface area contributed by atoms with Crippen molar-refractivity contribution in [1.82, 2.24) is 29.2 Å². The van der Waals surface area contributed by atoms with Gasteiger partial charge in [0, 0.05) is 62.7 Å². The molecule has 0 bridgehead atoms. The fourth-order valence-electron chi connectivity index (χ4n) is 5.63. The number of pyridine rings is 1. The average Bonchev–Trinajstić information content (AvgIpc) is 3.52. The summed E-state index contributed by atoms with van der Waals surface area (Å²) >= 11 is 0. The Labute approximate surface area is 231 Å². The highest BCUT2D eigenvalue weighted by Gasteiger charge is 2.52. The summed E-state index contributed by atoms with van der Waals surface area (Å²) in [6, 6.07) is 12.6. The molecule has 1 N–H and O–H groups in total. The van der Waals surface area contributed by atoms with E-state index in [0.29, 0.717) is 37.4 Å². The van der Waals surface area contributed by atoms with Crippen LogP contribution in [-0.2, 0) is 11.3 Å². The van der Waals surface area contributed by atoms with Crippen LogP contribution in [0.2, 0.25) is 0 Å². The first-order valence-electron chi connectivity index (χ1n) is 13.4. The van der Waals surface area contributed by atoms with Crippen LogP contribution in [0.25, 0.3) is 5.65 Å². The predicted octanol–water partition coefficient (Wildman–Crippen LogP) is 2.93. The Morgan fingerprint density at radius 3 is 2.45 bits per heavy atom. The number of hydrogen-bond donors (Lipinski definition) is 1. The molecule has 2 fully saturated rings. The maximum Gasteiger partial charge on any atom is 0.325 e. The van der Waals surface area contributed by atoms with Crippen LogP contribution in [0.1, 0.15) is 37.1 Å². The summed E-state index contributed by atoms with van der Waals surface area (Å²) in [4.78, 5) is 51.6. The van der Waals surface area contributed by atoms with Gasteiger partial charge in [-0.3, -0.25) is 14.5 Å². The molecular weight excluding hydrogens is 510 g/mol. The lowest BCUT2D eigenvalue weighted by Gasteiger charge is -2.37. The summed E-state index contributed by atoms with van der Waals surface area (Å²) in [6.45, 7) is 5.17. The molecular formula is C29H31N7O4. The molecule has 5 heterocycles. The zero-order valence-electron chi connectivity index (χ0n) is 22.5. The van der Waals surface area contributed by atoms with Crippen molar-refractivity contribution in [1.29, 1.82) is 0 Å². The number of imidazole rings is 1. The minimum absolute atomic E-state index is 0.104. The lowest BCUT2D eigenvalue weighted by Crippen LogP contribution is -2.55. The number of ether oxygens (including phenoxy) is 1. The first-order valence-corrected chi connectivity index (χ1v) is 13.4. The molecule has 0 saturated carbocycles. The van der Waals surface area contributed by atoms with Gasteiger partial charge in [0.25, 0.3) is 11.5 Å². The molecule has 2 aliphatic rings. The van der Waals surface area contributed by atoms with Gasteiger partial charge in [-0.25, -0.2) is 14.8 Å². The zero-order chi connectivity index (χ0) is 27.9. The molecule has 3 aromatic heterocycles. The number of nitrogens with one attached hydrogen (secondary N) is 1.